The lowest BCUT2D eigenvalue weighted by atomic mass is 9.99. The molecule has 88 valence electrons. The van der Waals surface area contributed by atoms with Gasteiger partial charge in [0.25, 0.3) is 0 Å². The van der Waals surface area contributed by atoms with E-state index in [4.69, 9.17) is 9.47 Å². The van der Waals surface area contributed by atoms with E-state index in [-0.39, 0.29) is 12.1 Å². The molecule has 0 spiro atoms. The standard InChI is InChI=1S/C12H17NO3/c1-15-11-4-2-10(3-5-11)13-12(8-14)6-7-16-9-12/h2-5,13-14H,6-9H2,1H3. The molecule has 1 atom stereocenters. The third-order valence-electron chi connectivity index (χ3n) is 2.91. The molecule has 1 fully saturated rings. The fourth-order valence-corrected chi connectivity index (χ4v) is 1.85. The monoisotopic (exact) mass is 223 g/mol. The van der Waals surface area contributed by atoms with Crippen LogP contribution in [0.4, 0.5) is 5.69 Å². The Morgan fingerprint density at radius 3 is 2.69 bits per heavy atom. The second-order valence-electron chi connectivity index (χ2n) is 4.09. The summed E-state index contributed by atoms with van der Waals surface area (Å²) in [6, 6.07) is 7.66. The van der Waals surface area contributed by atoms with Crippen molar-refractivity contribution in [3.8, 4) is 5.75 Å². The summed E-state index contributed by atoms with van der Waals surface area (Å²) in [5.74, 6) is 0.825. The molecule has 0 bridgehead atoms. The molecule has 1 aromatic carbocycles. The highest BCUT2D eigenvalue weighted by Gasteiger charge is 2.34. The van der Waals surface area contributed by atoms with Crippen LogP contribution >= 0.6 is 0 Å². The van der Waals surface area contributed by atoms with E-state index in [0.717, 1.165) is 17.9 Å². The van der Waals surface area contributed by atoms with Crippen molar-refractivity contribution in [2.45, 2.75) is 12.0 Å². The van der Waals surface area contributed by atoms with Crippen molar-refractivity contribution in [1.82, 2.24) is 0 Å². The molecule has 0 aliphatic carbocycles. The maximum Gasteiger partial charge on any atom is 0.119 e. The van der Waals surface area contributed by atoms with Crippen molar-refractivity contribution in [3.05, 3.63) is 24.3 Å². The Hall–Kier alpha value is -1.26. The van der Waals surface area contributed by atoms with Gasteiger partial charge in [-0.05, 0) is 30.7 Å². The molecule has 4 nitrogen and oxygen atoms in total. The zero-order chi connectivity index (χ0) is 11.4. The van der Waals surface area contributed by atoms with Crippen LogP contribution in [0.3, 0.4) is 0 Å². The maximum absolute atomic E-state index is 9.41. The normalized spacial score (nSPS) is 24.4. The van der Waals surface area contributed by atoms with Crippen molar-refractivity contribution in [2.24, 2.45) is 0 Å². The van der Waals surface area contributed by atoms with Crippen LogP contribution in [0.1, 0.15) is 6.42 Å². The fraction of sp³-hybridized carbons (Fsp3) is 0.500. The zero-order valence-corrected chi connectivity index (χ0v) is 9.40. The largest absolute Gasteiger partial charge is 0.497 e. The molecule has 1 unspecified atom stereocenters. The van der Waals surface area contributed by atoms with Gasteiger partial charge in [0.15, 0.2) is 0 Å². The topological polar surface area (TPSA) is 50.7 Å². The Balaban J connectivity index is 2.07. The minimum absolute atomic E-state index is 0.0824. The first-order valence-electron chi connectivity index (χ1n) is 5.39. The summed E-state index contributed by atoms with van der Waals surface area (Å²) >= 11 is 0. The Labute approximate surface area is 95.2 Å². The van der Waals surface area contributed by atoms with Crippen molar-refractivity contribution in [1.29, 1.82) is 0 Å². The van der Waals surface area contributed by atoms with Crippen molar-refractivity contribution in [2.75, 3.05) is 32.2 Å². The molecule has 2 N–H and O–H groups in total. The lowest BCUT2D eigenvalue weighted by Crippen LogP contribution is -2.42. The van der Waals surface area contributed by atoms with E-state index >= 15 is 0 Å². The van der Waals surface area contributed by atoms with Gasteiger partial charge in [0.05, 0.1) is 25.9 Å². The minimum atomic E-state index is -0.325. The van der Waals surface area contributed by atoms with E-state index in [2.05, 4.69) is 5.32 Å². The van der Waals surface area contributed by atoms with Crippen LogP contribution in [-0.4, -0.2) is 37.6 Å². The van der Waals surface area contributed by atoms with Crippen molar-refractivity contribution >= 4 is 5.69 Å². The summed E-state index contributed by atoms with van der Waals surface area (Å²) in [6.07, 6.45) is 0.829. The maximum atomic E-state index is 9.41. The molecule has 1 aliphatic rings. The van der Waals surface area contributed by atoms with Crippen LogP contribution in [0, 0.1) is 0 Å². The van der Waals surface area contributed by atoms with Gasteiger partial charge in [0.1, 0.15) is 5.75 Å². The number of hydrogen-bond donors (Lipinski definition) is 2. The number of benzene rings is 1. The summed E-state index contributed by atoms with van der Waals surface area (Å²) in [7, 11) is 1.64. The number of nitrogens with one attached hydrogen (secondary N) is 1. The van der Waals surface area contributed by atoms with E-state index in [1.807, 2.05) is 24.3 Å². The average Bonchev–Trinajstić information content (AvgIpc) is 2.79. The van der Waals surface area contributed by atoms with E-state index in [0.29, 0.717) is 13.2 Å². The van der Waals surface area contributed by atoms with Gasteiger partial charge >= 0.3 is 0 Å². The molecule has 0 amide bonds. The van der Waals surface area contributed by atoms with Gasteiger partial charge in [0, 0.05) is 12.3 Å². The number of hydrogen-bond acceptors (Lipinski definition) is 4. The molecule has 1 aromatic rings. The molecule has 4 heteroatoms. The molecular weight excluding hydrogens is 206 g/mol. The van der Waals surface area contributed by atoms with Crippen LogP contribution < -0.4 is 10.1 Å². The SMILES string of the molecule is COc1ccc(NC2(CO)CCOC2)cc1. The minimum Gasteiger partial charge on any atom is -0.497 e. The van der Waals surface area contributed by atoms with E-state index in [1.54, 1.807) is 7.11 Å². The molecule has 1 aliphatic heterocycles. The van der Waals surface area contributed by atoms with E-state index in [1.165, 1.54) is 0 Å². The quantitative estimate of drug-likeness (QED) is 0.806. The predicted molar refractivity (Wildman–Crippen MR) is 61.9 cm³/mol. The first-order valence-corrected chi connectivity index (χ1v) is 5.39. The predicted octanol–water partition coefficient (Wildman–Crippen LogP) is 1.26. The molecule has 1 saturated heterocycles. The summed E-state index contributed by atoms with van der Waals surface area (Å²) in [5, 5.41) is 12.7. The molecule has 0 radical (unpaired) electrons. The molecule has 0 aromatic heterocycles. The third kappa shape index (κ3) is 2.28. The van der Waals surface area contributed by atoms with Gasteiger partial charge in [-0.1, -0.05) is 0 Å². The molecule has 2 rings (SSSR count). The summed E-state index contributed by atoms with van der Waals surface area (Å²) in [5.41, 5.74) is 0.648. The third-order valence-corrected chi connectivity index (χ3v) is 2.91. The van der Waals surface area contributed by atoms with Gasteiger partial charge in [-0.15, -0.1) is 0 Å². The Morgan fingerprint density at radius 1 is 1.44 bits per heavy atom. The van der Waals surface area contributed by atoms with Gasteiger partial charge in [-0.3, -0.25) is 0 Å². The molecular formula is C12H17NO3. The van der Waals surface area contributed by atoms with Crippen molar-refractivity contribution < 1.29 is 14.6 Å². The van der Waals surface area contributed by atoms with Gasteiger partial charge in [0.2, 0.25) is 0 Å². The van der Waals surface area contributed by atoms with Crippen LogP contribution in [0.2, 0.25) is 0 Å². The summed E-state index contributed by atoms with van der Waals surface area (Å²) in [6.45, 7) is 1.33. The highest BCUT2D eigenvalue weighted by Crippen LogP contribution is 2.25. The number of ether oxygens (including phenoxy) is 2. The molecule has 1 heterocycles. The second-order valence-corrected chi connectivity index (χ2v) is 4.09. The van der Waals surface area contributed by atoms with Crippen LogP contribution in [0.15, 0.2) is 24.3 Å². The Morgan fingerprint density at radius 2 is 2.19 bits per heavy atom. The van der Waals surface area contributed by atoms with Gasteiger partial charge in [-0.25, -0.2) is 0 Å². The van der Waals surface area contributed by atoms with Crippen molar-refractivity contribution in [3.63, 3.8) is 0 Å². The highest BCUT2D eigenvalue weighted by atomic mass is 16.5. The van der Waals surface area contributed by atoms with Gasteiger partial charge in [-0.2, -0.15) is 0 Å². The smallest absolute Gasteiger partial charge is 0.119 e. The first kappa shape index (κ1) is 11.2. The van der Waals surface area contributed by atoms with Crippen LogP contribution in [0.5, 0.6) is 5.75 Å². The first-order chi connectivity index (χ1) is 7.78. The summed E-state index contributed by atoms with van der Waals surface area (Å²) in [4.78, 5) is 0. The number of rotatable bonds is 4. The fourth-order valence-electron chi connectivity index (χ4n) is 1.85. The second kappa shape index (κ2) is 4.72. The number of methoxy groups -OCH3 is 1. The molecule has 16 heavy (non-hydrogen) atoms. The number of aliphatic hydroxyl groups excluding tert-OH is 1. The summed E-state index contributed by atoms with van der Waals surface area (Å²) < 4.78 is 10.4. The number of anilines is 1. The Kier molecular flexibility index (Phi) is 3.31. The van der Waals surface area contributed by atoms with E-state index < -0.39 is 0 Å². The molecule has 0 saturated carbocycles. The van der Waals surface area contributed by atoms with Gasteiger partial charge < -0.3 is 19.9 Å². The zero-order valence-electron chi connectivity index (χ0n) is 9.40. The lowest BCUT2D eigenvalue weighted by molar-refractivity contribution is 0.152. The highest BCUT2D eigenvalue weighted by molar-refractivity contribution is 5.48. The van der Waals surface area contributed by atoms with E-state index in [9.17, 15) is 5.11 Å². The number of aliphatic hydroxyl groups is 1. The lowest BCUT2D eigenvalue weighted by Gasteiger charge is -2.27. The average molecular weight is 223 g/mol. The Bertz CT molecular complexity index is 331. The van der Waals surface area contributed by atoms with Crippen LogP contribution in [0.25, 0.3) is 0 Å². The van der Waals surface area contributed by atoms with Crippen LogP contribution in [-0.2, 0) is 4.74 Å².